The molecule has 0 saturated carbocycles. The molecule has 5 rings (SSSR count). The number of phenolic OH excluding ortho intramolecular Hbond substituents is 1. The molecular weight excluding hydrogens is 380 g/mol. The SMILES string of the molecule is Oc1cc(-n2ccnc2)ccc1-c1ccc(O[C@H]2CC3CC(F)(F)C(C2)N3)nn1. The van der Waals surface area contributed by atoms with Crippen molar-refractivity contribution in [1.82, 2.24) is 25.1 Å². The van der Waals surface area contributed by atoms with Crippen molar-refractivity contribution in [3.63, 3.8) is 0 Å². The highest BCUT2D eigenvalue weighted by atomic mass is 19.3. The van der Waals surface area contributed by atoms with E-state index in [9.17, 15) is 13.9 Å². The zero-order chi connectivity index (χ0) is 20.0. The van der Waals surface area contributed by atoms with E-state index < -0.39 is 12.0 Å². The second kappa shape index (κ2) is 6.77. The predicted octanol–water partition coefficient (Wildman–Crippen LogP) is 2.94. The predicted molar refractivity (Wildman–Crippen MR) is 100 cm³/mol. The molecule has 2 aliphatic rings. The minimum atomic E-state index is -2.68. The van der Waals surface area contributed by atoms with Gasteiger partial charge in [-0.15, -0.1) is 10.2 Å². The van der Waals surface area contributed by atoms with Crippen molar-refractivity contribution in [2.45, 2.75) is 43.4 Å². The molecule has 3 atom stereocenters. The summed E-state index contributed by atoms with van der Waals surface area (Å²) in [7, 11) is 0. The van der Waals surface area contributed by atoms with Gasteiger partial charge in [-0.25, -0.2) is 13.8 Å². The zero-order valence-corrected chi connectivity index (χ0v) is 15.4. The molecule has 0 amide bonds. The second-order valence-electron chi connectivity index (χ2n) is 7.52. The van der Waals surface area contributed by atoms with Crippen LogP contribution in [0.3, 0.4) is 0 Å². The Balaban J connectivity index is 1.30. The first-order valence-electron chi connectivity index (χ1n) is 9.44. The Bertz CT molecular complexity index is 1010. The number of benzene rings is 1. The summed E-state index contributed by atoms with van der Waals surface area (Å²) in [5, 5.41) is 21.5. The van der Waals surface area contributed by atoms with Gasteiger partial charge in [0, 0.05) is 49.0 Å². The molecule has 4 heterocycles. The third kappa shape index (κ3) is 3.42. The molecule has 9 heteroatoms. The smallest absolute Gasteiger partial charge is 0.264 e. The maximum atomic E-state index is 13.8. The fourth-order valence-electron chi connectivity index (χ4n) is 4.11. The first-order chi connectivity index (χ1) is 14.0. The number of piperidine rings is 1. The zero-order valence-electron chi connectivity index (χ0n) is 15.4. The molecule has 0 aliphatic carbocycles. The Hall–Kier alpha value is -3.07. The molecule has 2 N–H and O–H groups in total. The quantitative estimate of drug-likeness (QED) is 0.702. The van der Waals surface area contributed by atoms with E-state index >= 15 is 0 Å². The summed E-state index contributed by atoms with van der Waals surface area (Å²) in [5.41, 5.74) is 1.80. The van der Waals surface area contributed by atoms with Crippen LogP contribution in [0.4, 0.5) is 8.78 Å². The van der Waals surface area contributed by atoms with Crippen LogP contribution in [0.2, 0.25) is 0 Å². The molecule has 2 bridgehead atoms. The van der Waals surface area contributed by atoms with E-state index in [1.165, 1.54) is 0 Å². The van der Waals surface area contributed by atoms with Crippen molar-refractivity contribution in [3.8, 4) is 28.6 Å². The van der Waals surface area contributed by atoms with Gasteiger partial charge >= 0.3 is 0 Å². The van der Waals surface area contributed by atoms with Crippen molar-refractivity contribution < 1.29 is 18.6 Å². The molecule has 1 aromatic carbocycles. The van der Waals surface area contributed by atoms with Crippen LogP contribution in [0.25, 0.3) is 16.9 Å². The van der Waals surface area contributed by atoms with Gasteiger partial charge in [-0.1, -0.05) is 0 Å². The summed E-state index contributed by atoms with van der Waals surface area (Å²) in [6, 6.07) is 7.48. The van der Waals surface area contributed by atoms with Gasteiger partial charge in [0.15, 0.2) is 0 Å². The van der Waals surface area contributed by atoms with E-state index in [-0.39, 0.29) is 36.6 Å². The molecule has 2 saturated heterocycles. The summed E-state index contributed by atoms with van der Waals surface area (Å²) in [4.78, 5) is 3.99. The van der Waals surface area contributed by atoms with E-state index in [0.29, 0.717) is 17.7 Å². The standard InChI is InChI=1S/C20H19F2N5O2/c21-20(22)10-12-7-14(9-18(20)24-12)29-19-4-3-16(25-26-19)15-2-1-13(8-17(15)28)27-6-5-23-11-27/h1-6,8,11-12,14,18,24,28H,7,9-10H2/t12?,14-,18?/m0/s1. The lowest BCUT2D eigenvalue weighted by Gasteiger charge is -2.29. The van der Waals surface area contributed by atoms with Crippen molar-refractivity contribution in [2.24, 2.45) is 0 Å². The second-order valence-corrected chi connectivity index (χ2v) is 7.52. The first kappa shape index (κ1) is 18.0. The van der Waals surface area contributed by atoms with Crippen LogP contribution in [-0.2, 0) is 0 Å². The van der Waals surface area contributed by atoms with Crippen molar-refractivity contribution in [2.75, 3.05) is 0 Å². The molecule has 7 nitrogen and oxygen atoms in total. The number of imidazole rings is 1. The molecule has 2 unspecified atom stereocenters. The van der Waals surface area contributed by atoms with Gasteiger partial charge in [0.05, 0.1) is 23.8 Å². The number of aromatic hydroxyl groups is 1. The van der Waals surface area contributed by atoms with E-state index in [1.54, 1.807) is 47.6 Å². The van der Waals surface area contributed by atoms with Crippen LogP contribution in [0.1, 0.15) is 19.3 Å². The fourth-order valence-corrected chi connectivity index (χ4v) is 4.11. The highest BCUT2D eigenvalue weighted by molar-refractivity contribution is 5.68. The number of halogens is 2. The molecule has 0 radical (unpaired) electrons. The lowest BCUT2D eigenvalue weighted by Crippen LogP contribution is -2.46. The number of aromatic nitrogens is 4. The Labute approximate surface area is 165 Å². The van der Waals surface area contributed by atoms with Crippen LogP contribution in [0, 0.1) is 0 Å². The van der Waals surface area contributed by atoms with Gasteiger partial charge in [-0.3, -0.25) is 0 Å². The number of hydrogen-bond donors (Lipinski definition) is 2. The van der Waals surface area contributed by atoms with E-state index in [0.717, 1.165) is 5.69 Å². The van der Waals surface area contributed by atoms with Crippen LogP contribution in [0.15, 0.2) is 49.1 Å². The monoisotopic (exact) mass is 399 g/mol. The lowest BCUT2D eigenvalue weighted by atomic mass is 10.0. The largest absolute Gasteiger partial charge is 0.507 e. The molecule has 0 spiro atoms. The van der Waals surface area contributed by atoms with Crippen LogP contribution in [-0.4, -0.2) is 49.0 Å². The topological polar surface area (TPSA) is 85.1 Å². The number of alkyl halides is 2. The normalized spacial score (nSPS) is 25.1. The third-order valence-electron chi connectivity index (χ3n) is 5.50. The molecule has 3 aromatic rings. The maximum absolute atomic E-state index is 13.8. The van der Waals surface area contributed by atoms with Crippen LogP contribution in [0.5, 0.6) is 11.6 Å². The van der Waals surface area contributed by atoms with E-state index in [4.69, 9.17) is 4.74 Å². The van der Waals surface area contributed by atoms with E-state index in [2.05, 4.69) is 20.5 Å². The average Bonchev–Trinajstić information content (AvgIpc) is 3.29. The molecule has 2 aliphatic heterocycles. The van der Waals surface area contributed by atoms with Gasteiger partial charge < -0.3 is 19.7 Å². The minimum absolute atomic E-state index is 0.0660. The molecular formula is C20H19F2N5O2. The number of phenols is 1. The van der Waals surface area contributed by atoms with E-state index in [1.807, 2.05) is 6.07 Å². The third-order valence-corrected chi connectivity index (χ3v) is 5.50. The van der Waals surface area contributed by atoms with Gasteiger partial charge in [-0.05, 0) is 24.6 Å². The number of hydrogen-bond acceptors (Lipinski definition) is 6. The molecule has 29 heavy (non-hydrogen) atoms. The fraction of sp³-hybridized carbons (Fsp3) is 0.350. The Morgan fingerprint density at radius 2 is 2.07 bits per heavy atom. The number of fused-ring (bicyclic) bond motifs is 2. The van der Waals surface area contributed by atoms with Crippen LogP contribution >= 0.6 is 0 Å². The summed E-state index contributed by atoms with van der Waals surface area (Å²) in [5.74, 6) is -2.33. The van der Waals surface area contributed by atoms with Gasteiger partial charge in [-0.2, -0.15) is 0 Å². The minimum Gasteiger partial charge on any atom is -0.507 e. The highest BCUT2D eigenvalue weighted by Gasteiger charge is 2.53. The molecule has 2 aromatic heterocycles. The Morgan fingerprint density at radius 3 is 2.76 bits per heavy atom. The van der Waals surface area contributed by atoms with Crippen molar-refractivity contribution in [3.05, 3.63) is 49.1 Å². The summed E-state index contributed by atoms with van der Waals surface area (Å²) in [6.07, 6.45) is 5.38. The molecule has 150 valence electrons. The highest BCUT2D eigenvalue weighted by Crippen LogP contribution is 2.40. The Kier molecular flexibility index (Phi) is 4.20. The van der Waals surface area contributed by atoms with Crippen LogP contribution < -0.4 is 10.1 Å². The van der Waals surface area contributed by atoms with Crippen molar-refractivity contribution >= 4 is 0 Å². The summed E-state index contributed by atoms with van der Waals surface area (Å²) in [6.45, 7) is 0. The summed E-state index contributed by atoms with van der Waals surface area (Å²) >= 11 is 0. The van der Waals surface area contributed by atoms with Crippen molar-refractivity contribution in [1.29, 1.82) is 0 Å². The molecule has 2 fully saturated rings. The average molecular weight is 399 g/mol. The maximum Gasteiger partial charge on any atom is 0.264 e. The van der Waals surface area contributed by atoms with Gasteiger partial charge in [0.25, 0.3) is 5.92 Å². The van der Waals surface area contributed by atoms with Gasteiger partial charge in [0.2, 0.25) is 5.88 Å². The number of nitrogens with zero attached hydrogens (tertiary/aromatic N) is 4. The number of nitrogens with one attached hydrogen (secondary N) is 1. The lowest BCUT2D eigenvalue weighted by molar-refractivity contribution is -0.0195. The van der Waals surface area contributed by atoms with Gasteiger partial charge in [0.1, 0.15) is 11.9 Å². The Morgan fingerprint density at radius 1 is 1.17 bits per heavy atom. The first-order valence-corrected chi connectivity index (χ1v) is 9.44. The summed E-state index contributed by atoms with van der Waals surface area (Å²) < 4.78 is 35.2. The number of rotatable bonds is 4. The number of ether oxygens (including phenoxy) is 1.